The molecule has 0 unspecified atom stereocenters. The lowest BCUT2D eigenvalue weighted by Crippen LogP contribution is -2.39. The van der Waals surface area contributed by atoms with Crippen LogP contribution in [0.2, 0.25) is 0 Å². The zero-order valence-electron chi connectivity index (χ0n) is 9.18. The first-order valence-corrected chi connectivity index (χ1v) is 7.36. The summed E-state index contributed by atoms with van der Waals surface area (Å²) in [4.78, 5) is 1.42. The standard InChI is InChI=1S/C12H18BrNS/c1-2-12(5-3-6-12)9-14-8-11-10(13)4-7-15-11/h4,7,14H,2-3,5-6,8-9H2,1H3. The molecule has 0 spiro atoms. The number of hydrogen-bond acceptors (Lipinski definition) is 2. The molecule has 0 saturated heterocycles. The first-order chi connectivity index (χ1) is 7.26. The monoisotopic (exact) mass is 287 g/mol. The van der Waals surface area contributed by atoms with Gasteiger partial charge in [-0.15, -0.1) is 11.3 Å². The summed E-state index contributed by atoms with van der Waals surface area (Å²) in [6, 6.07) is 2.13. The van der Waals surface area contributed by atoms with E-state index >= 15 is 0 Å². The van der Waals surface area contributed by atoms with Crippen LogP contribution in [0.15, 0.2) is 15.9 Å². The topological polar surface area (TPSA) is 12.0 Å². The molecule has 1 aliphatic rings. The van der Waals surface area contributed by atoms with Crippen molar-refractivity contribution in [3.63, 3.8) is 0 Å². The van der Waals surface area contributed by atoms with Crippen LogP contribution in [0.5, 0.6) is 0 Å². The van der Waals surface area contributed by atoms with Crippen molar-refractivity contribution < 1.29 is 0 Å². The van der Waals surface area contributed by atoms with E-state index in [-0.39, 0.29) is 0 Å². The van der Waals surface area contributed by atoms with Crippen LogP contribution in [-0.4, -0.2) is 6.54 Å². The number of halogens is 1. The minimum atomic E-state index is 0.629. The van der Waals surface area contributed by atoms with Gasteiger partial charge in [0, 0.05) is 22.4 Å². The molecule has 0 atom stereocenters. The van der Waals surface area contributed by atoms with Crippen LogP contribution >= 0.6 is 27.3 Å². The smallest absolute Gasteiger partial charge is 0.0327 e. The van der Waals surface area contributed by atoms with E-state index in [2.05, 4.69) is 39.6 Å². The Morgan fingerprint density at radius 1 is 1.53 bits per heavy atom. The molecule has 0 bridgehead atoms. The summed E-state index contributed by atoms with van der Waals surface area (Å²) in [7, 11) is 0. The lowest BCUT2D eigenvalue weighted by atomic mass is 9.67. The maximum absolute atomic E-state index is 3.60. The molecule has 1 aromatic rings. The van der Waals surface area contributed by atoms with Crippen molar-refractivity contribution in [2.24, 2.45) is 5.41 Å². The first kappa shape index (κ1) is 11.6. The molecular weight excluding hydrogens is 270 g/mol. The molecule has 3 heteroatoms. The van der Waals surface area contributed by atoms with E-state index in [0.717, 1.165) is 6.54 Å². The van der Waals surface area contributed by atoms with Gasteiger partial charge in [-0.3, -0.25) is 0 Å². The van der Waals surface area contributed by atoms with Gasteiger partial charge in [-0.25, -0.2) is 0 Å². The largest absolute Gasteiger partial charge is 0.311 e. The molecule has 1 saturated carbocycles. The first-order valence-electron chi connectivity index (χ1n) is 5.68. The molecule has 84 valence electrons. The number of nitrogens with one attached hydrogen (secondary N) is 1. The van der Waals surface area contributed by atoms with Crippen molar-refractivity contribution in [1.82, 2.24) is 5.32 Å². The molecule has 0 amide bonds. The van der Waals surface area contributed by atoms with Gasteiger partial charge in [0.05, 0.1) is 0 Å². The predicted molar refractivity (Wildman–Crippen MR) is 70.3 cm³/mol. The highest BCUT2D eigenvalue weighted by molar-refractivity contribution is 9.10. The lowest BCUT2D eigenvalue weighted by molar-refractivity contribution is 0.124. The SMILES string of the molecule is CCC1(CNCc2sccc2Br)CCC1. The van der Waals surface area contributed by atoms with Crippen molar-refractivity contribution in [3.8, 4) is 0 Å². The molecule has 0 aliphatic heterocycles. The quantitative estimate of drug-likeness (QED) is 0.857. The molecular formula is C12H18BrNS. The normalized spacial score (nSPS) is 18.8. The van der Waals surface area contributed by atoms with Crippen LogP contribution in [0, 0.1) is 5.41 Å². The van der Waals surface area contributed by atoms with Gasteiger partial charge in [0.15, 0.2) is 0 Å². The third-order valence-corrected chi connectivity index (χ3v) is 5.57. The molecule has 1 fully saturated rings. The summed E-state index contributed by atoms with van der Waals surface area (Å²) in [5.74, 6) is 0. The summed E-state index contributed by atoms with van der Waals surface area (Å²) in [6.07, 6.45) is 5.59. The Hall–Kier alpha value is 0.140. The predicted octanol–water partition coefficient (Wildman–Crippen LogP) is 4.18. The molecule has 1 nitrogen and oxygen atoms in total. The second-order valence-electron chi connectivity index (χ2n) is 4.50. The zero-order chi connectivity index (χ0) is 10.7. The van der Waals surface area contributed by atoms with Gasteiger partial charge in [0.2, 0.25) is 0 Å². The van der Waals surface area contributed by atoms with Gasteiger partial charge in [0.25, 0.3) is 0 Å². The third-order valence-electron chi connectivity index (χ3n) is 3.64. The zero-order valence-corrected chi connectivity index (χ0v) is 11.6. The Morgan fingerprint density at radius 2 is 2.33 bits per heavy atom. The van der Waals surface area contributed by atoms with E-state index in [0.29, 0.717) is 5.41 Å². The van der Waals surface area contributed by atoms with Gasteiger partial charge < -0.3 is 5.32 Å². The minimum Gasteiger partial charge on any atom is -0.311 e. The Kier molecular flexibility index (Phi) is 3.86. The average Bonchev–Trinajstić information content (AvgIpc) is 2.57. The summed E-state index contributed by atoms with van der Waals surface area (Å²) in [6.45, 7) is 4.52. The van der Waals surface area contributed by atoms with Crippen molar-refractivity contribution >= 4 is 27.3 Å². The fourth-order valence-corrected chi connectivity index (χ4v) is 3.69. The van der Waals surface area contributed by atoms with E-state index < -0.39 is 0 Å². The average molecular weight is 288 g/mol. The summed E-state index contributed by atoms with van der Waals surface area (Å²) in [5, 5.41) is 5.74. The number of rotatable bonds is 5. The summed E-state index contributed by atoms with van der Waals surface area (Å²) in [5.41, 5.74) is 0.629. The minimum absolute atomic E-state index is 0.629. The van der Waals surface area contributed by atoms with Gasteiger partial charge in [-0.1, -0.05) is 13.3 Å². The third kappa shape index (κ3) is 2.63. The van der Waals surface area contributed by atoms with Crippen molar-refractivity contribution in [2.75, 3.05) is 6.54 Å². The van der Waals surface area contributed by atoms with Crippen LogP contribution in [0.1, 0.15) is 37.5 Å². The van der Waals surface area contributed by atoms with Gasteiger partial charge in [-0.05, 0) is 52.1 Å². The Morgan fingerprint density at radius 3 is 2.80 bits per heavy atom. The molecule has 1 heterocycles. The molecule has 0 radical (unpaired) electrons. The molecule has 2 rings (SSSR count). The van der Waals surface area contributed by atoms with Crippen LogP contribution < -0.4 is 5.32 Å². The van der Waals surface area contributed by atoms with E-state index in [9.17, 15) is 0 Å². The van der Waals surface area contributed by atoms with Crippen molar-refractivity contribution in [1.29, 1.82) is 0 Å². The second kappa shape index (κ2) is 4.98. The maximum atomic E-state index is 3.60. The maximum Gasteiger partial charge on any atom is 0.0327 e. The molecule has 1 aromatic heterocycles. The second-order valence-corrected chi connectivity index (χ2v) is 6.36. The van der Waals surface area contributed by atoms with Crippen LogP contribution in [0.3, 0.4) is 0 Å². The fraction of sp³-hybridized carbons (Fsp3) is 0.667. The highest BCUT2D eigenvalue weighted by atomic mass is 79.9. The molecule has 1 N–H and O–H groups in total. The van der Waals surface area contributed by atoms with Gasteiger partial charge in [0.1, 0.15) is 0 Å². The van der Waals surface area contributed by atoms with Crippen molar-refractivity contribution in [2.45, 2.75) is 39.2 Å². The Balaban J connectivity index is 1.77. The van der Waals surface area contributed by atoms with Crippen LogP contribution in [0.25, 0.3) is 0 Å². The van der Waals surface area contributed by atoms with Crippen LogP contribution in [0.4, 0.5) is 0 Å². The van der Waals surface area contributed by atoms with E-state index in [1.165, 1.54) is 41.6 Å². The van der Waals surface area contributed by atoms with Crippen LogP contribution in [-0.2, 0) is 6.54 Å². The Bertz CT molecular complexity index is 312. The molecule has 1 aliphatic carbocycles. The summed E-state index contributed by atoms with van der Waals surface area (Å²) < 4.78 is 1.25. The van der Waals surface area contributed by atoms with Gasteiger partial charge in [-0.2, -0.15) is 0 Å². The van der Waals surface area contributed by atoms with E-state index in [1.54, 1.807) is 0 Å². The number of thiophene rings is 1. The van der Waals surface area contributed by atoms with Crippen molar-refractivity contribution in [3.05, 3.63) is 20.8 Å². The fourth-order valence-electron chi connectivity index (χ4n) is 2.22. The highest BCUT2D eigenvalue weighted by Gasteiger charge is 2.34. The van der Waals surface area contributed by atoms with Gasteiger partial charge >= 0.3 is 0 Å². The Labute approximate surface area is 104 Å². The lowest BCUT2D eigenvalue weighted by Gasteiger charge is -2.41. The number of hydrogen-bond donors (Lipinski definition) is 1. The molecule has 0 aromatic carbocycles. The van der Waals surface area contributed by atoms with E-state index in [4.69, 9.17) is 0 Å². The highest BCUT2D eigenvalue weighted by Crippen LogP contribution is 2.43. The molecule has 15 heavy (non-hydrogen) atoms. The summed E-state index contributed by atoms with van der Waals surface area (Å²) >= 11 is 5.39. The van der Waals surface area contributed by atoms with E-state index in [1.807, 2.05) is 11.3 Å².